The number of ether oxygens (including phenoxy) is 2. The molecule has 0 spiro atoms. The second-order valence-electron chi connectivity index (χ2n) is 10.7. The first-order chi connectivity index (χ1) is 18.5. The molecule has 206 valence electrons. The molecule has 0 saturated carbocycles. The van der Waals surface area contributed by atoms with Crippen LogP contribution in [0.15, 0.2) is 66.9 Å². The molecule has 0 unspecified atom stereocenters. The number of anilines is 1. The molecule has 2 aromatic carbocycles. The Balaban J connectivity index is 1.30. The van der Waals surface area contributed by atoms with Gasteiger partial charge in [0.2, 0.25) is 5.88 Å². The molecule has 1 atom stereocenters. The molecule has 1 fully saturated rings. The van der Waals surface area contributed by atoms with Crippen LogP contribution in [0.4, 0.5) is 14.9 Å². The van der Waals surface area contributed by atoms with Crippen molar-refractivity contribution in [2.45, 2.75) is 45.9 Å². The molecule has 1 aliphatic rings. The molecular formula is C30H35FN4O4. The lowest BCUT2D eigenvalue weighted by Gasteiger charge is -2.40. The maximum absolute atomic E-state index is 13.1. The van der Waals surface area contributed by atoms with E-state index in [1.807, 2.05) is 52.0 Å². The topological polar surface area (TPSA) is 75.2 Å². The summed E-state index contributed by atoms with van der Waals surface area (Å²) in [5, 5.41) is 0. The molecule has 3 aromatic rings. The highest BCUT2D eigenvalue weighted by molar-refractivity contribution is 6.05. The SMILES string of the molecule is C[C@H]1CN(Cc2ccc(N(C)C(=O)c3ccc(Oc4ccc(F)cc4)nc3)cc2)CCN1C(=O)OC(C)(C)C. The van der Waals surface area contributed by atoms with Gasteiger partial charge >= 0.3 is 6.09 Å². The number of carbonyl (C=O) groups is 2. The van der Waals surface area contributed by atoms with E-state index in [1.54, 1.807) is 29.0 Å². The minimum atomic E-state index is -0.510. The zero-order chi connectivity index (χ0) is 28.2. The van der Waals surface area contributed by atoms with Crippen molar-refractivity contribution >= 4 is 17.7 Å². The molecule has 1 aliphatic heterocycles. The molecule has 1 saturated heterocycles. The van der Waals surface area contributed by atoms with Gasteiger partial charge in [0.05, 0.1) is 5.56 Å². The average Bonchev–Trinajstić information content (AvgIpc) is 2.89. The van der Waals surface area contributed by atoms with Crippen molar-refractivity contribution in [3.05, 3.63) is 83.8 Å². The van der Waals surface area contributed by atoms with Crippen molar-refractivity contribution in [2.75, 3.05) is 31.6 Å². The molecule has 0 radical (unpaired) electrons. The van der Waals surface area contributed by atoms with Crippen molar-refractivity contribution < 1.29 is 23.5 Å². The lowest BCUT2D eigenvalue weighted by Crippen LogP contribution is -2.54. The molecule has 0 bridgehead atoms. The maximum atomic E-state index is 13.1. The molecular weight excluding hydrogens is 499 g/mol. The van der Waals surface area contributed by atoms with E-state index in [2.05, 4.69) is 9.88 Å². The third-order valence-electron chi connectivity index (χ3n) is 6.39. The summed E-state index contributed by atoms with van der Waals surface area (Å²) in [6.07, 6.45) is 1.20. The van der Waals surface area contributed by atoms with Crippen LogP contribution in [0, 0.1) is 5.82 Å². The van der Waals surface area contributed by atoms with Crippen LogP contribution in [-0.2, 0) is 11.3 Å². The van der Waals surface area contributed by atoms with Crippen LogP contribution in [0.2, 0.25) is 0 Å². The Morgan fingerprint density at radius 1 is 1.03 bits per heavy atom. The Kier molecular flexibility index (Phi) is 8.50. The van der Waals surface area contributed by atoms with Crippen LogP contribution < -0.4 is 9.64 Å². The molecule has 4 rings (SSSR count). The first-order valence-corrected chi connectivity index (χ1v) is 13.0. The fraction of sp³-hybridized carbons (Fsp3) is 0.367. The third kappa shape index (κ3) is 7.54. The number of hydrogen-bond acceptors (Lipinski definition) is 6. The zero-order valence-electron chi connectivity index (χ0n) is 23.1. The first kappa shape index (κ1) is 28.0. The number of pyridine rings is 1. The summed E-state index contributed by atoms with van der Waals surface area (Å²) in [6.45, 7) is 10.6. The quantitative estimate of drug-likeness (QED) is 0.402. The fourth-order valence-electron chi connectivity index (χ4n) is 4.35. The highest BCUT2D eigenvalue weighted by atomic mass is 19.1. The average molecular weight is 535 g/mol. The van der Waals surface area contributed by atoms with Crippen LogP contribution in [-0.4, -0.2) is 65.1 Å². The summed E-state index contributed by atoms with van der Waals surface area (Å²) in [6, 6.07) is 16.8. The number of nitrogens with zero attached hydrogens (tertiary/aromatic N) is 4. The van der Waals surface area contributed by atoms with Crippen LogP contribution in [0.1, 0.15) is 43.6 Å². The predicted octanol–water partition coefficient (Wildman–Crippen LogP) is 5.73. The molecule has 0 aliphatic carbocycles. The highest BCUT2D eigenvalue weighted by Crippen LogP contribution is 2.22. The number of hydrogen-bond donors (Lipinski definition) is 0. The largest absolute Gasteiger partial charge is 0.444 e. The van der Waals surface area contributed by atoms with E-state index in [1.165, 1.54) is 30.5 Å². The second kappa shape index (κ2) is 11.8. The number of piperazine rings is 1. The van der Waals surface area contributed by atoms with Gasteiger partial charge in [-0.25, -0.2) is 14.2 Å². The first-order valence-electron chi connectivity index (χ1n) is 13.0. The minimum Gasteiger partial charge on any atom is -0.444 e. The number of amides is 2. The lowest BCUT2D eigenvalue weighted by molar-refractivity contribution is 0.000550. The summed E-state index contributed by atoms with van der Waals surface area (Å²) >= 11 is 0. The summed E-state index contributed by atoms with van der Waals surface area (Å²) in [5.74, 6) is 0.224. The van der Waals surface area contributed by atoms with Gasteiger partial charge < -0.3 is 19.3 Å². The normalized spacial score (nSPS) is 16.1. The van der Waals surface area contributed by atoms with E-state index in [0.29, 0.717) is 23.7 Å². The smallest absolute Gasteiger partial charge is 0.410 e. The van der Waals surface area contributed by atoms with Crippen molar-refractivity contribution in [3.8, 4) is 11.6 Å². The predicted molar refractivity (Wildman–Crippen MR) is 148 cm³/mol. The lowest BCUT2D eigenvalue weighted by atomic mass is 10.1. The van der Waals surface area contributed by atoms with Gasteiger partial charge in [0.25, 0.3) is 5.91 Å². The van der Waals surface area contributed by atoms with Gasteiger partial charge in [0, 0.05) is 57.2 Å². The standard InChI is InChI=1S/C30H35FN4O4/c1-21-19-34(16-17-35(21)29(37)39-30(2,3)4)20-22-6-11-25(12-7-22)33(5)28(36)23-8-15-27(32-18-23)38-26-13-9-24(31)10-14-26/h6-15,18,21H,16-17,19-20H2,1-5H3/t21-/m0/s1. The van der Waals surface area contributed by atoms with Crippen molar-refractivity contribution in [2.24, 2.45) is 0 Å². The van der Waals surface area contributed by atoms with E-state index in [4.69, 9.17) is 9.47 Å². The van der Waals surface area contributed by atoms with E-state index < -0.39 is 5.60 Å². The van der Waals surface area contributed by atoms with Gasteiger partial charge in [-0.15, -0.1) is 0 Å². The Hall–Kier alpha value is -3.98. The molecule has 2 heterocycles. The van der Waals surface area contributed by atoms with Gasteiger partial charge in [0.15, 0.2) is 0 Å². The number of benzene rings is 2. The Bertz CT molecular complexity index is 1270. The number of rotatable bonds is 6. The monoisotopic (exact) mass is 534 g/mol. The van der Waals surface area contributed by atoms with Crippen LogP contribution in [0.5, 0.6) is 11.6 Å². The van der Waals surface area contributed by atoms with Crippen molar-refractivity contribution in [3.63, 3.8) is 0 Å². The van der Waals surface area contributed by atoms with Crippen LogP contribution in [0.3, 0.4) is 0 Å². The molecule has 0 N–H and O–H groups in total. The van der Waals surface area contributed by atoms with Crippen LogP contribution >= 0.6 is 0 Å². The van der Waals surface area contributed by atoms with Crippen LogP contribution in [0.25, 0.3) is 0 Å². The Morgan fingerprint density at radius 3 is 2.31 bits per heavy atom. The summed E-state index contributed by atoms with van der Waals surface area (Å²) in [4.78, 5) is 35.4. The molecule has 2 amide bonds. The molecule has 39 heavy (non-hydrogen) atoms. The Morgan fingerprint density at radius 2 is 1.72 bits per heavy atom. The van der Waals surface area contributed by atoms with Gasteiger partial charge in [-0.2, -0.15) is 0 Å². The van der Waals surface area contributed by atoms with Gasteiger partial charge in [-0.05, 0) is 75.7 Å². The van der Waals surface area contributed by atoms with Gasteiger partial charge in [0.1, 0.15) is 17.2 Å². The van der Waals surface area contributed by atoms with E-state index in [0.717, 1.165) is 30.9 Å². The summed E-state index contributed by atoms with van der Waals surface area (Å²) in [7, 11) is 1.72. The van der Waals surface area contributed by atoms with Crippen molar-refractivity contribution in [1.29, 1.82) is 0 Å². The number of aromatic nitrogens is 1. The van der Waals surface area contributed by atoms with Gasteiger partial charge in [-0.1, -0.05) is 12.1 Å². The van der Waals surface area contributed by atoms with E-state index >= 15 is 0 Å². The minimum absolute atomic E-state index is 0.0534. The number of carbonyl (C=O) groups excluding carboxylic acids is 2. The maximum Gasteiger partial charge on any atom is 0.410 e. The highest BCUT2D eigenvalue weighted by Gasteiger charge is 2.30. The molecule has 9 heteroatoms. The van der Waals surface area contributed by atoms with Crippen molar-refractivity contribution in [1.82, 2.24) is 14.8 Å². The second-order valence-corrected chi connectivity index (χ2v) is 10.7. The third-order valence-corrected chi connectivity index (χ3v) is 6.39. The summed E-state index contributed by atoms with van der Waals surface area (Å²) < 4.78 is 24.2. The Labute approximate surface area is 228 Å². The molecule has 1 aromatic heterocycles. The zero-order valence-corrected chi connectivity index (χ0v) is 23.1. The molecule has 8 nitrogen and oxygen atoms in total. The van der Waals surface area contributed by atoms with E-state index in [-0.39, 0.29) is 23.9 Å². The summed E-state index contributed by atoms with van der Waals surface area (Å²) in [5.41, 5.74) is 1.80. The van der Waals surface area contributed by atoms with E-state index in [9.17, 15) is 14.0 Å². The van der Waals surface area contributed by atoms with Gasteiger partial charge in [-0.3, -0.25) is 9.69 Å². The fourth-order valence-corrected chi connectivity index (χ4v) is 4.35. The number of halogens is 1.